The molecular weight excluding hydrogens is 460 g/mol. The Balaban J connectivity index is 1.35. The summed E-state index contributed by atoms with van der Waals surface area (Å²) in [4.78, 5) is 26.3. The fourth-order valence-electron chi connectivity index (χ4n) is 3.88. The van der Waals surface area contributed by atoms with Crippen LogP contribution in [0.2, 0.25) is 5.02 Å². The highest BCUT2D eigenvalue weighted by Crippen LogP contribution is 2.29. The lowest BCUT2D eigenvalue weighted by atomic mass is 10.0. The second-order valence-electron chi connectivity index (χ2n) is 7.99. The Bertz CT molecular complexity index is 1490. The molecule has 2 aromatic heterocycles. The van der Waals surface area contributed by atoms with E-state index in [1.807, 2.05) is 66.7 Å². The quantitative estimate of drug-likeness (QED) is 0.209. The SMILES string of the molecule is O=C(Nc1ccc(OCc2ccccc2)cc1)C(=O)c1c(-c2ccc(Cl)cc2)cc2ccccn12. The summed E-state index contributed by atoms with van der Waals surface area (Å²) in [7, 11) is 0. The molecule has 0 saturated carbocycles. The van der Waals surface area contributed by atoms with Gasteiger partial charge in [0.25, 0.3) is 11.7 Å². The summed E-state index contributed by atoms with van der Waals surface area (Å²) in [5.41, 5.74) is 4.14. The number of amides is 1. The predicted octanol–water partition coefficient (Wildman–Crippen LogP) is 6.66. The largest absolute Gasteiger partial charge is 0.489 e. The third-order valence-electron chi connectivity index (χ3n) is 5.62. The van der Waals surface area contributed by atoms with E-state index in [1.54, 1.807) is 47.0 Å². The Labute approximate surface area is 207 Å². The molecule has 0 bridgehead atoms. The Morgan fingerprint density at radius 3 is 2.29 bits per heavy atom. The fourth-order valence-corrected chi connectivity index (χ4v) is 4.00. The number of fused-ring (bicyclic) bond motifs is 1. The highest BCUT2D eigenvalue weighted by atomic mass is 35.5. The number of hydrogen-bond donors (Lipinski definition) is 1. The van der Waals surface area contributed by atoms with Crippen molar-refractivity contribution in [1.82, 2.24) is 4.40 Å². The first kappa shape index (κ1) is 22.4. The van der Waals surface area contributed by atoms with Gasteiger partial charge in [-0.2, -0.15) is 0 Å². The van der Waals surface area contributed by atoms with Crippen LogP contribution in [0.3, 0.4) is 0 Å². The maximum Gasteiger partial charge on any atom is 0.298 e. The number of aromatic nitrogens is 1. The molecule has 0 aliphatic heterocycles. The predicted molar refractivity (Wildman–Crippen MR) is 138 cm³/mol. The van der Waals surface area contributed by atoms with Crippen LogP contribution in [-0.2, 0) is 11.4 Å². The van der Waals surface area contributed by atoms with Crippen molar-refractivity contribution in [2.75, 3.05) is 5.32 Å². The third kappa shape index (κ3) is 4.95. The van der Waals surface area contributed by atoms with Crippen molar-refractivity contribution >= 4 is 34.5 Å². The number of rotatable bonds is 7. The number of carbonyl (C=O) groups excluding carboxylic acids is 2. The maximum absolute atomic E-state index is 13.3. The molecule has 0 saturated heterocycles. The van der Waals surface area contributed by atoms with Crippen LogP contribution in [0.25, 0.3) is 16.6 Å². The van der Waals surface area contributed by atoms with Crippen molar-refractivity contribution in [2.24, 2.45) is 0 Å². The smallest absolute Gasteiger partial charge is 0.298 e. The second kappa shape index (κ2) is 9.87. The zero-order chi connectivity index (χ0) is 24.2. The first-order valence-electron chi connectivity index (χ1n) is 11.1. The summed E-state index contributed by atoms with van der Waals surface area (Å²) in [6, 6.07) is 31.5. The molecule has 35 heavy (non-hydrogen) atoms. The molecule has 0 aliphatic rings. The van der Waals surface area contributed by atoms with E-state index in [-0.39, 0.29) is 0 Å². The monoisotopic (exact) mass is 480 g/mol. The van der Waals surface area contributed by atoms with Crippen molar-refractivity contribution in [2.45, 2.75) is 6.61 Å². The Morgan fingerprint density at radius 1 is 0.829 bits per heavy atom. The molecule has 0 atom stereocenters. The zero-order valence-electron chi connectivity index (χ0n) is 18.6. The summed E-state index contributed by atoms with van der Waals surface area (Å²) < 4.78 is 7.52. The number of ketones is 1. The van der Waals surface area contributed by atoms with Crippen LogP contribution in [0.1, 0.15) is 16.1 Å². The van der Waals surface area contributed by atoms with E-state index in [0.29, 0.717) is 34.3 Å². The van der Waals surface area contributed by atoms with Crippen molar-refractivity contribution in [1.29, 1.82) is 0 Å². The van der Waals surface area contributed by atoms with Gasteiger partial charge < -0.3 is 14.5 Å². The van der Waals surface area contributed by atoms with Gasteiger partial charge in [-0.05, 0) is 65.7 Å². The molecule has 5 rings (SSSR count). The highest BCUT2D eigenvalue weighted by molar-refractivity contribution is 6.47. The van der Waals surface area contributed by atoms with Gasteiger partial charge in [-0.25, -0.2) is 0 Å². The lowest BCUT2D eigenvalue weighted by molar-refractivity contribution is -0.112. The average Bonchev–Trinajstić information content (AvgIpc) is 3.28. The molecular formula is C29H21ClN2O3. The molecule has 0 radical (unpaired) electrons. The standard InChI is InChI=1S/C29H21ClN2O3/c30-22-11-9-21(10-12-22)26-18-24-8-4-5-17-32(24)27(26)28(33)29(34)31-23-13-15-25(16-14-23)35-19-20-6-2-1-3-7-20/h1-18H,19H2,(H,31,34). The number of benzene rings is 3. The minimum absolute atomic E-state index is 0.295. The first-order chi connectivity index (χ1) is 17.1. The number of carbonyl (C=O) groups is 2. The Hall–Kier alpha value is -4.35. The van der Waals surface area contributed by atoms with E-state index in [9.17, 15) is 9.59 Å². The summed E-state index contributed by atoms with van der Waals surface area (Å²) >= 11 is 6.04. The summed E-state index contributed by atoms with van der Waals surface area (Å²) in [5, 5.41) is 3.30. The van der Waals surface area contributed by atoms with E-state index in [4.69, 9.17) is 16.3 Å². The van der Waals surface area contributed by atoms with Gasteiger partial charge in [-0.15, -0.1) is 0 Å². The number of pyridine rings is 1. The number of Topliss-reactive ketones (excluding diaryl/α,β-unsaturated/α-hetero) is 1. The van der Waals surface area contributed by atoms with Crippen LogP contribution in [0, 0.1) is 0 Å². The van der Waals surface area contributed by atoms with Crippen LogP contribution >= 0.6 is 11.6 Å². The zero-order valence-corrected chi connectivity index (χ0v) is 19.4. The van der Waals surface area contributed by atoms with Crippen molar-refractivity contribution in [3.63, 3.8) is 0 Å². The number of halogens is 1. The molecule has 0 aliphatic carbocycles. The van der Waals surface area contributed by atoms with Crippen molar-refractivity contribution in [3.8, 4) is 16.9 Å². The molecule has 5 aromatic rings. The number of hydrogen-bond acceptors (Lipinski definition) is 3. The second-order valence-corrected chi connectivity index (χ2v) is 8.43. The van der Waals surface area contributed by atoms with E-state index in [1.165, 1.54) is 0 Å². The normalized spacial score (nSPS) is 10.8. The minimum atomic E-state index is -0.720. The molecule has 3 aromatic carbocycles. The summed E-state index contributed by atoms with van der Waals surface area (Å²) in [5.74, 6) is -0.687. The number of nitrogens with zero attached hydrogens (tertiary/aromatic N) is 1. The summed E-state index contributed by atoms with van der Waals surface area (Å²) in [6.45, 7) is 0.444. The van der Waals surface area contributed by atoms with E-state index in [2.05, 4.69) is 5.32 Å². The van der Waals surface area contributed by atoms with Gasteiger partial charge >= 0.3 is 0 Å². The molecule has 2 heterocycles. The van der Waals surface area contributed by atoms with E-state index >= 15 is 0 Å². The maximum atomic E-state index is 13.3. The first-order valence-corrected chi connectivity index (χ1v) is 11.4. The Kier molecular flexibility index (Phi) is 6.33. The number of nitrogens with one attached hydrogen (secondary N) is 1. The van der Waals surface area contributed by atoms with Gasteiger partial charge in [0.1, 0.15) is 18.1 Å². The van der Waals surface area contributed by atoms with E-state index < -0.39 is 11.7 Å². The van der Waals surface area contributed by atoms with E-state index in [0.717, 1.165) is 16.6 Å². The van der Waals surface area contributed by atoms with Crippen LogP contribution in [0.15, 0.2) is 109 Å². The molecule has 1 N–H and O–H groups in total. The third-order valence-corrected chi connectivity index (χ3v) is 5.87. The van der Waals surface area contributed by atoms with Crippen LogP contribution < -0.4 is 10.1 Å². The lowest BCUT2D eigenvalue weighted by Crippen LogP contribution is -2.24. The molecule has 1 amide bonds. The lowest BCUT2D eigenvalue weighted by Gasteiger charge is -2.09. The van der Waals surface area contributed by atoms with Gasteiger partial charge in [0.05, 0.1) is 0 Å². The average molecular weight is 481 g/mol. The summed E-state index contributed by atoms with van der Waals surface area (Å²) in [6.07, 6.45) is 1.77. The van der Waals surface area contributed by atoms with Gasteiger partial charge in [-0.3, -0.25) is 9.59 Å². The van der Waals surface area contributed by atoms with Gasteiger partial charge in [0.15, 0.2) is 0 Å². The van der Waals surface area contributed by atoms with Gasteiger partial charge in [0, 0.05) is 28.0 Å². The molecule has 0 unspecified atom stereocenters. The molecule has 6 heteroatoms. The minimum Gasteiger partial charge on any atom is -0.489 e. The Morgan fingerprint density at radius 2 is 1.54 bits per heavy atom. The highest BCUT2D eigenvalue weighted by Gasteiger charge is 2.24. The molecule has 172 valence electrons. The van der Waals surface area contributed by atoms with Gasteiger partial charge in [-0.1, -0.05) is 60.1 Å². The molecule has 0 spiro atoms. The van der Waals surface area contributed by atoms with Crippen molar-refractivity contribution < 1.29 is 14.3 Å². The van der Waals surface area contributed by atoms with Crippen molar-refractivity contribution in [3.05, 3.63) is 126 Å². The molecule has 0 fully saturated rings. The van der Waals surface area contributed by atoms with Crippen LogP contribution in [0.5, 0.6) is 5.75 Å². The van der Waals surface area contributed by atoms with Crippen LogP contribution in [0.4, 0.5) is 5.69 Å². The fraction of sp³-hybridized carbons (Fsp3) is 0.0345. The van der Waals surface area contributed by atoms with Gasteiger partial charge in [0.2, 0.25) is 0 Å². The number of anilines is 1. The van der Waals surface area contributed by atoms with Crippen LogP contribution in [-0.4, -0.2) is 16.1 Å². The topological polar surface area (TPSA) is 59.8 Å². The molecule has 5 nitrogen and oxygen atoms in total. The number of ether oxygens (including phenoxy) is 1.